The Balaban J connectivity index is 1.27. The Hall–Kier alpha value is -3.50. The molecule has 3 aromatic rings. The molecule has 34 heavy (non-hydrogen) atoms. The van der Waals surface area contributed by atoms with Crippen molar-refractivity contribution in [1.29, 1.82) is 0 Å². The highest BCUT2D eigenvalue weighted by molar-refractivity contribution is 7.08. The van der Waals surface area contributed by atoms with Crippen LogP contribution in [-0.2, 0) is 5.41 Å². The van der Waals surface area contributed by atoms with E-state index < -0.39 is 0 Å². The molecule has 1 saturated carbocycles. The van der Waals surface area contributed by atoms with Crippen molar-refractivity contribution in [3.8, 4) is 0 Å². The third-order valence-electron chi connectivity index (χ3n) is 7.91. The standard InChI is InChI=1S/C30H23NO2S/c32-28-21(29(33)23-18-34-17-22(23)28)16-19-11-12-20(15-19)31-26-9-3-1-7-24(26)30(13-5-6-14-30)25-8-2-4-10-27(25)31/h1-4,7-12,16-18H,5-6,13-15H2. The third-order valence-corrected chi connectivity index (χ3v) is 8.65. The highest BCUT2D eigenvalue weighted by atomic mass is 32.1. The van der Waals surface area contributed by atoms with Gasteiger partial charge in [-0.3, -0.25) is 9.59 Å². The topological polar surface area (TPSA) is 37.4 Å². The van der Waals surface area contributed by atoms with Gasteiger partial charge in [-0.1, -0.05) is 55.3 Å². The summed E-state index contributed by atoms with van der Waals surface area (Å²) in [5.41, 5.74) is 9.02. The predicted octanol–water partition coefficient (Wildman–Crippen LogP) is 7.28. The molecule has 3 aliphatic carbocycles. The van der Waals surface area contributed by atoms with E-state index in [-0.39, 0.29) is 17.0 Å². The fraction of sp³-hybridized carbons (Fsp3) is 0.200. The molecule has 166 valence electrons. The van der Waals surface area contributed by atoms with E-state index in [1.165, 1.54) is 65.2 Å². The van der Waals surface area contributed by atoms with Crippen molar-refractivity contribution in [3.63, 3.8) is 0 Å². The van der Waals surface area contributed by atoms with Gasteiger partial charge < -0.3 is 4.90 Å². The molecule has 0 N–H and O–H groups in total. The van der Waals surface area contributed by atoms with Crippen molar-refractivity contribution in [2.75, 3.05) is 4.90 Å². The number of hydrogen-bond acceptors (Lipinski definition) is 4. The SMILES string of the molecule is O=C1C(=CC2=CC=C(N3c4ccccc4C4(CCCC4)c4ccccc43)C2)C(=O)c2cscc21. The average Bonchev–Trinajstić information content (AvgIpc) is 3.66. The molecule has 3 nitrogen and oxygen atoms in total. The van der Waals surface area contributed by atoms with Gasteiger partial charge in [0.25, 0.3) is 0 Å². The highest BCUT2D eigenvalue weighted by Crippen LogP contribution is 2.57. The number of fused-ring (bicyclic) bond motifs is 5. The Bertz CT molecular complexity index is 1400. The molecule has 0 saturated heterocycles. The number of hydrogen-bond donors (Lipinski definition) is 0. The third kappa shape index (κ3) is 2.63. The maximum absolute atomic E-state index is 12.8. The van der Waals surface area contributed by atoms with E-state index in [4.69, 9.17) is 0 Å². The number of carbonyl (C=O) groups is 2. The first-order chi connectivity index (χ1) is 16.7. The Labute approximate surface area is 202 Å². The molecule has 0 radical (unpaired) electrons. The first-order valence-electron chi connectivity index (χ1n) is 11.9. The van der Waals surface area contributed by atoms with Crippen LogP contribution >= 0.6 is 11.3 Å². The molecule has 4 aliphatic rings. The molecule has 1 fully saturated rings. The molecule has 0 atom stereocenters. The second-order valence-corrected chi connectivity index (χ2v) is 10.4. The number of rotatable bonds is 2. The van der Waals surface area contributed by atoms with Crippen LogP contribution in [-0.4, -0.2) is 11.6 Å². The summed E-state index contributed by atoms with van der Waals surface area (Å²) in [5, 5.41) is 3.56. The smallest absolute Gasteiger partial charge is 0.198 e. The summed E-state index contributed by atoms with van der Waals surface area (Å²) in [4.78, 5) is 27.9. The van der Waals surface area contributed by atoms with Gasteiger partial charge in [0.05, 0.1) is 5.57 Å². The van der Waals surface area contributed by atoms with E-state index in [1.54, 1.807) is 16.8 Å². The molecule has 2 aromatic carbocycles. The fourth-order valence-electron chi connectivity index (χ4n) is 6.39. The summed E-state index contributed by atoms with van der Waals surface area (Å²) in [6.45, 7) is 0. The van der Waals surface area contributed by atoms with Crippen LogP contribution in [0.5, 0.6) is 0 Å². The zero-order valence-corrected chi connectivity index (χ0v) is 19.5. The van der Waals surface area contributed by atoms with Gasteiger partial charge in [0.2, 0.25) is 0 Å². The highest BCUT2D eigenvalue weighted by Gasteiger charge is 2.45. The van der Waals surface area contributed by atoms with Crippen molar-refractivity contribution < 1.29 is 9.59 Å². The first kappa shape index (κ1) is 19.9. The van der Waals surface area contributed by atoms with Crippen LogP contribution in [0.2, 0.25) is 0 Å². The van der Waals surface area contributed by atoms with E-state index in [2.05, 4.69) is 65.6 Å². The zero-order valence-electron chi connectivity index (χ0n) is 18.7. The minimum Gasteiger partial charge on any atom is -0.313 e. The largest absolute Gasteiger partial charge is 0.313 e. The number of Topliss-reactive ketones (excluding diaryl/α,β-unsaturated/α-hetero) is 2. The Morgan fingerprint density at radius 3 is 2.00 bits per heavy atom. The van der Waals surface area contributed by atoms with Crippen molar-refractivity contribution in [2.45, 2.75) is 37.5 Å². The van der Waals surface area contributed by atoms with Gasteiger partial charge in [-0.15, -0.1) is 0 Å². The molecule has 0 bridgehead atoms. The number of carbonyl (C=O) groups excluding carboxylic acids is 2. The number of benzene rings is 2. The minimum atomic E-state index is -0.146. The van der Waals surface area contributed by atoms with E-state index >= 15 is 0 Å². The molecular weight excluding hydrogens is 438 g/mol. The zero-order chi connectivity index (χ0) is 22.9. The van der Waals surface area contributed by atoms with Gasteiger partial charge in [0.15, 0.2) is 11.6 Å². The lowest BCUT2D eigenvalue weighted by molar-refractivity contribution is 0.0988. The summed E-state index contributed by atoms with van der Waals surface area (Å²) in [7, 11) is 0. The van der Waals surface area contributed by atoms with Gasteiger partial charge >= 0.3 is 0 Å². The lowest BCUT2D eigenvalue weighted by Crippen LogP contribution is -2.34. The lowest BCUT2D eigenvalue weighted by Gasteiger charge is -2.44. The Kier molecular flexibility index (Phi) is 4.25. The van der Waals surface area contributed by atoms with Crippen molar-refractivity contribution in [3.05, 3.63) is 117 Å². The molecule has 0 amide bonds. The van der Waals surface area contributed by atoms with Crippen LogP contribution in [0.1, 0.15) is 63.9 Å². The first-order valence-corrected chi connectivity index (χ1v) is 12.9. The van der Waals surface area contributed by atoms with Crippen LogP contribution in [0, 0.1) is 0 Å². The summed E-state index contributed by atoms with van der Waals surface area (Å²) >= 11 is 1.41. The summed E-state index contributed by atoms with van der Waals surface area (Å²) < 4.78 is 0. The van der Waals surface area contributed by atoms with Gasteiger partial charge in [0, 0.05) is 50.8 Å². The van der Waals surface area contributed by atoms with Gasteiger partial charge in [-0.05, 0) is 53.8 Å². The summed E-state index contributed by atoms with van der Waals surface area (Å²) in [6, 6.07) is 17.7. The summed E-state index contributed by atoms with van der Waals surface area (Å²) in [6.07, 6.45) is 11.6. The maximum atomic E-state index is 12.8. The molecule has 7 rings (SSSR count). The minimum absolute atomic E-state index is 0.0982. The second kappa shape index (κ2) is 7.25. The molecule has 1 spiro atoms. The molecular formula is C30H23NO2S. The van der Waals surface area contributed by atoms with Crippen LogP contribution < -0.4 is 4.90 Å². The van der Waals surface area contributed by atoms with Crippen LogP contribution in [0.15, 0.2) is 94.4 Å². The van der Waals surface area contributed by atoms with E-state index in [1.807, 2.05) is 0 Å². The molecule has 2 heterocycles. The van der Waals surface area contributed by atoms with Gasteiger partial charge in [0.1, 0.15) is 0 Å². The maximum Gasteiger partial charge on any atom is 0.198 e. The number of para-hydroxylation sites is 2. The average molecular weight is 462 g/mol. The number of thiophene rings is 1. The molecule has 1 aliphatic heterocycles. The van der Waals surface area contributed by atoms with E-state index in [0.717, 1.165) is 5.57 Å². The van der Waals surface area contributed by atoms with E-state index in [9.17, 15) is 9.59 Å². The van der Waals surface area contributed by atoms with Crippen LogP contribution in [0.25, 0.3) is 0 Å². The van der Waals surface area contributed by atoms with Crippen LogP contribution in [0.3, 0.4) is 0 Å². The van der Waals surface area contributed by atoms with Crippen molar-refractivity contribution in [1.82, 2.24) is 0 Å². The van der Waals surface area contributed by atoms with Gasteiger partial charge in [-0.2, -0.15) is 11.3 Å². The van der Waals surface area contributed by atoms with Crippen molar-refractivity contribution in [2.24, 2.45) is 0 Å². The van der Waals surface area contributed by atoms with Crippen molar-refractivity contribution >= 4 is 34.3 Å². The number of allylic oxidation sites excluding steroid dienone is 5. The second-order valence-electron chi connectivity index (χ2n) is 9.65. The lowest BCUT2D eigenvalue weighted by atomic mass is 9.69. The molecule has 4 heteroatoms. The Morgan fingerprint density at radius 2 is 1.38 bits per heavy atom. The number of nitrogens with zero attached hydrogens (tertiary/aromatic N) is 1. The predicted molar refractivity (Wildman–Crippen MR) is 136 cm³/mol. The molecule has 1 aromatic heterocycles. The van der Waals surface area contributed by atoms with Gasteiger partial charge in [-0.25, -0.2) is 0 Å². The normalized spacial score (nSPS) is 19.8. The number of ketones is 2. The fourth-order valence-corrected chi connectivity index (χ4v) is 7.20. The monoisotopic (exact) mass is 461 g/mol. The van der Waals surface area contributed by atoms with E-state index in [0.29, 0.717) is 23.1 Å². The van der Waals surface area contributed by atoms with Crippen LogP contribution in [0.4, 0.5) is 11.4 Å². The number of anilines is 2. The quantitative estimate of drug-likeness (QED) is 0.297. The molecule has 0 unspecified atom stereocenters. The summed E-state index contributed by atoms with van der Waals surface area (Å²) in [5.74, 6) is -0.292. The Morgan fingerprint density at radius 1 is 0.794 bits per heavy atom.